The molecule has 0 atom stereocenters. The number of nitrogens with one attached hydrogen (secondary N) is 3. The molecule has 11 heteroatoms. The van der Waals surface area contributed by atoms with Crippen LogP contribution in [-0.2, 0) is 43.2 Å². The first-order chi connectivity index (χ1) is 15.8. The Bertz CT molecular complexity index is 1040. The number of halogens is 3. The van der Waals surface area contributed by atoms with Crippen LogP contribution in [-0.4, -0.2) is 41.7 Å². The van der Waals surface area contributed by atoms with E-state index in [-0.39, 0.29) is 18.0 Å². The van der Waals surface area contributed by atoms with Crippen LogP contribution >= 0.6 is 11.3 Å². The molecule has 0 saturated heterocycles. The molecular weight excluding hydrogens is 455 g/mol. The van der Waals surface area contributed by atoms with Crippen molar-refractivity contribution < 1.29 is 22.8 Å². The average molecular weight is 484 g/mol. The molecule has 0 fully saturated rings. The van der Waals surface area contributed by atoms with Gasteiger partial charge >= 0.3 is 6.18 Å². The summed E-state index contributed by atoms with van der Waals surface area (Å²) < 4.78 is 41.5. The van der Waals surface area contributed by atoms with E-state index in [2.05, 4.69) is 21.0 Å². The van der Waals surface area contributed by atoms with Gasteiger partial charge < -0.3 is 16.0 Å². The van der Waals surface area contributed by atoms with Crippen molar-refractivity contribution in [3.05, 3.63) is 33.0 Å². The molecule has 0 aliphatic heterocycles. The summed E-state index contributed by atoms with van der Waals surface area (Å²) >= 11 is 1.39. The summed E-state index contributed by atoms with van der Waals surface area (Å²) in [5, 5.41) is 12.9. The van der Waals surface area contributed by atoms with Crippen LogP contribution in [0.15, 0.2) is 0 Å². The predicted molar refractivity (Wildman–Crippen MR) is 120 cm³/mol. The van der Waals surface area contributed by atoms with Crippen LogP contribution in [0.1, 0.15) is 63.4 Å². The van der Waals surface area contributed by atoms with E-state index in [0.29, 0.717) is 48.6 Å². The van der Waals surface area contributed by atoms with E-state index in [0.717, 1.165) is 42.5 Å². The second kappa shape index (κ2) is 9.84. The summed E-state index contributed by atoms with van der Waals surface area (Å²) in [6.45, 7) is 0.750. The number of fused-ring (bicyclic) bond motifs is 2. The molecule has 2 aliphatic rings. The maximum atomic E-state index is 13.5. The van der Waals surface area contributed by atoms with Gasteiger partial charge in [-0.3, -0.25) is 14.3 Å². The summed E-state index contributed by atoms with van der Waals surface area (Å²) in [7, 11) is 1.79. The van der Waals surface area contributed by atoms with Gasteiger partial charge in [-0.05, 0) is 64.0 Å². The van der Waals surface area contributed by atoms with Gasteiger partial charge in [-0.1, -0.05) is 0 Å². The zero-order chi connectivity index (χ0) is 23.6. The zero-order valence-corrected chi connectivity index (χ0v) is 19.3. The van der Waals surface area contributed by atoms with Crippen LogP contribution < -0.4 is 16.0 Å². The molecule has 3 N–H and O–H groups in total. The third-order valence-corrected chi connectivity index (χ3v) is 7.34. The number of hydrogen-bond acceptors (Lipinski definition) is 5. The Kier molecular flexibility index (Phi) is 7.08. The lowest BCUT2D eigenvalue weighted by molar-refractivity contribution is -0.142. The van der Waals surface area contributed by atoms with Crippen molar-refractivity contribution in [2.24, 2.45) is 0 Å². The Labute approximate surface area is 194 Å². The van der Waals surface area contributed by atoms with Crippen molar-refractivity contribution in [1.29, 1.82) is 0 Å². The van der Waals surface area contributed by atoms with Crippen molar-refractivity contribution in [2.75, 3.05) is 25.5 Å². The summed E-state index contributed by atoms with van der Waals surface area (Å²) in [5.41, 5.74) is 1.26. The molecule has 2 aromatic rings. The summed E-state index contributed by atoms with van der Waals surface area (Å²) in [5.74, 6) is -0.724. The number of anilines is 1. The number of thiophene rings is 1. The summed E-state index contributed by atoms with van der Waals surface area (Å²) in [6.07, 6.45) is 1.33. The molecule has 2 amide bonds. The first-order valence-electron chi connectivity index (χ1n) is 11.3. The van der Waals surface area contributed by atoms with Crippen molar-refractivity contribution in [1.82, 2.24) is 20.4 Å². The highest BCUT2D eigenvalue weighted by Crippen LogP contribution is 2.39. The lowest BCUT2D eigenvalue weighted by Gasteiger charge is -2.15. The Hall–Kier alpha value is -2.40. The van der Waals surface area contributed by atoms with Crippen molar-refractivity contribution in [3.63, 3.8) is 0 Å². The number of aryl methyl sites for hydroxylation is 1. The van der Waals surface area contributed by atoms with Crippen LogP contribution in [0, 0.1) is 0 Å². The largest absolute Gasteiger partial charge is 0.435 e. The Balaban J connectivity index is 1.56. The number of aromatic nitrogens is 2. The van der Waals surface area contributed by atoms with Gasteiger partial charge in [0.05, 0.1) is 5.56 Å². The molecule has 0 radical (unpaired) electrons. The van der Waals surface area contributed by atoms with Crippen molar-refractivity contribution in [2.45, 2.75) is 64.1 Å². The first-order valence-corrected chi connectivity index (χ1v) is 12.1. The van der Waals surface area contributed by atoms with Gasteiger partial charge in [0, 0.05) is 29.2 Å². The van der Waals surface area contributed by atoms with Gasteiger partial charge in [0.15, 0.2) is 5.69 Å². The minimum atomic E-state index is -4.55. The highest BCUT2D eigenvalue weighted by molar-refractivity contribution is 7.17. The lowest BCUT2D eigenvalue weighted by Crippen LogP contribution is -2.31. The average Bonchev–Trinajstić information content (AvgIpc) is 3.32. The van der Waals surface area contributed by atoms with Gasteiger partial charge in [0.25, 0.3) is 5.91 Å². The highest BCUT2D eigenvalue weighted by Gasteiger charge is 2.39. The second-order valence-electron chi connectivity index (χ2n) is 8.46. The number of nitrogens with zero attached hydrogens (tertiary/aromatic N) is 2. The van der Waals surface area contributed by atoms with E-state index in [9.17, 15) is 22.8 Å². The van der Waals surface area contributed by atoms with E-state index >= 15 is 0 Å². The standard InChI is InChI=1S/C22H28F3N5O2S/c1-26-10-11-27-20(32)18-14-7-3-5-9-16(14)33-21(18)28-17(31)12-30-15-8-4-2-6-13(15)19(29-30)22(23,24)25/h26H,2-12H2,1H3,(H,27,32)(H,28,31). The SMILES string of the molecule is CNCCNC(=O)c1c(NC(=O)Cn2nc(C(F)(F)F)c3c2CCCC3)sc2c1CCCC2. The monoisotopic (exact) mass is 483 g/mol. The van der Waals surface area contributed by atoms with E-state index in [1.54, 1.807) is 7.05 Å². The van der Waals surface area contributed by atoms with E-state index in [1.807, 2.05) is 0 Å². The van der Waals surface area contributed by atoms with Gasteiger partial charge in [-0.15, -0.1) is 11.3 Å². The molecule has 4 rings (SSSR count). The predicted octanol–water partition coefficient (Wildman–Crippen LogP) is 3.31. The number of amides is 2. The molecule has 2 heterocycles. The number of alkyl halides is 3. The highest BCUT2D eigenvalue weighted by atomic mass is 32.1. The van der Waals surface area contributed by atoms with Gasteiger partial charge in [0.2, 0.25) is 5.91 Å². The Morgan fingerprint density at radius 2 is 1.73 bits per heavy atom. The van der Waals surface area contributed by atoms with Crippen LogP contribution in [0.2, 0.25) is 0 Å². The molecule has 33 heavy (non-hydrogen) atoms. The maximum Gasteiger partial charge on any atom is 0.435 e. The molecule has 0 bridgehead atoms. The van der Waals surface area contributed by atoms with Crippen molar-refractivity contribution in [3.8, 4) is 0 Å². The molecule has 2 aromatic heterocycles. The van der Waals surface area contributed by atoms with Gasteiger partial charge in [-0.2, -0.15) is 18.3 Å². The Morgan fingerprint density at radius 1 is 1.03 bits per heavy atom. The molecule has 180 valence electrons. The van der Waals surface area contributed by atoms with Crippen LogP contribution in [0.4, 0.5) is 18.2 Å². The lowest BCUT2D eigenvalue weighted by atomic mass is 9.95. The summed E-state index contributed by atoms with van der Waals surface area (Å²) in [6, 6.07) is 0. The fourth-order valence-electron chi connectivity index (χ4n) is 4.62. The second-order valence-corrected chi connectivity index (χ2v) is 9.56. The number of likely N-dealkylation sites (N-methyl/N-ethyl adjacent to an activating group) is 1. The number of carbonyl (C=O) groups is 2. The van der Waals surface area contributed by atoms with Gasteiger partial charge in [-0.25, -0.2) is 0 Å². The third kappa shape index (κ3) is 5.08. The minimum absolute atomic E-state index is 0.206. The minimum Gasteiger partial charge on any atom is -0.351 e. The fourth-order valence-corrected chi connectivity index (χ4v) is 5.92. The quantitative estimate of drug-likeness (QED) is 0.528. The molecule has 0 spiro atoms. The molecule has 2 aliphatic carbocycles. The van der Waals surface area contributed by atoms with Crippen LogP contribution in [0.5, 0.6) is 0 Å². The normalized spacial score (nSPS) is 15.6. The van der Waals surface area contributed by atoms with Crippen LogP contribution in [0.3, 0.4) is 0 Å². The Morgan fingerprint density at radius 3 is 2.45 bits per heavy atom. The third-order valence-electron chi connectivity index (χ3n) is 6.13. The molecule has 0 unspecified atom stereocenters. The van der Waals surface area contributed by atoms with E-state index in [1.165, 1.54) is 16.0 Å². The van der Waals surface area contributed by atoms with E-state index in [4.69, 9.17) is 0 Å². The molecule has 0 saturated carbocycles. The molecule has 0 aromatic carbocycles. The smallest absolute Gasteiger partial charge is 0.351 e. The number of carbonyl (C=O) groups excluding carboxylic acids is 2. The fraction of sp³-hybridized carbons (Fsp3) is 0.591. The zero-order valence-electron chi connectivity index (χ0n) is 18.5. The number of hydrogen-bond donors (Lipinski definition) is 3. The topological polar surface area (TPSA) is 88.0 Å². The van der Waals surface area contributed by atoms with E-state index < -0.39 is 17.8 Å². The number of rotatable bonds is 7. The van der Waals surface area contributed by atoms with Crippen molar-refractivity contribution >= 4 is 28.2 Å². The molecule has 7 nitrogen and oxygen atoms in total. The first kappa shape index (κ1) is 23.7. The molecular formula is C22H28F3N5O2S. The van der Waals surface area contributed by atoms with Crippen LogP contribution in [0.25, 0.3) is 0 Å². The van der Waals surface area contributed by atoms with Gasteiger partial charge in [0.1, 0.15) is 11.5 Å². The maximum absolute atomic E-state index is 13.5. The summed E-state index contributed by atoms with van der Waals surface area (Å²) in [4.78, 5) is 26.9.